The fourth-order valence-corrected chi connectivity index (χ4v) is 2.26. The number of likely N-dealkylation sites (N-methyl/N-ethyl adjacent to an activating group) is 1. The maximum absolute atomic E-state index is 12.3. The summed E-state index contributed by atoms with van der Waals surface area (Å²) in [6.45, 7) is 13.0. The summed E-state index contributed by atoms with van der Waals surface area (Å²) in [4.78, 5) is 25.9. The molecular formula is C20H35NO3. The van der Waals surface area contributed by atoms with Gasteiger partial charge in [0.05, 0.1) is 0 Å². The molecular weight excluding hydrogens is 302 g/mol. The predicted molar refractivity (Wildman–Crippen MR) is 99.8 cm³/mol. The molecule has 0 aliphatic rings. The maximum atomic E-state index is 12.3. The Bertz CT molecular complexity index is 440. The number of hydrogen-bond acceptors (Lipinski definition) is 3. The van der Waals surface area contributed by atoms with Gasteiger partial charge in [0.25, 0.3) is 0 Å². The molecule has 0 rings (SSSR count). The van der Waals surface area contributed by atoms with E-state index >= 15 is 0 Å². The van der Waals surface area contributed by atoms with Gasteiger partial charge >= 0.3 is 5.97 Å². The molecule has 0 atom stereocenters. The smallest absolute Gasteiger partial charge is 0.331 e. The highest BCUT2D eigenvalue weighted by Gasteiger charge is 2.14. The van der Waals surface area contributed by atoms with Gasteiger partial charge in [0, 0.05) is 25.2 Å². The van der Waals surface area contributed by atoms with E-state index in [9.17, 15) is 9.59 Å². The summed E-state index contributed by atoms with van der Waals surface area (Å²) in [5, 5.41) is 0. The molecule has 24 heavy (non-hydrogen) atoms. The first-order valence-corrected chi connectivity index (χ1v) is 9.14. The normalized spacial score (nSPS) is 12.5. The molecule has 0 fully saturated rings. The van der Waals surface area contributed by atoms with Gasteiger partial charge in [0.2, 0.25) is 5.91 Å². The molecule has 0 saturated carbocycles. The number of ether oxygens (including phenoxy) is 1. The Labute approximate surface area is 147 Å². The molecule has 4 nitrogen and oxygen atoms in total. The lowest BCUT2D eigenvalue weighted by Crippen LogP contribution is -2.29. The van der Waals surface area contributed by atoms with Crippen LogP contribution in [-0.4, -0.2) is 35.5 Å². The summed E-state index contributed by atoms with van der Waals surface area (Å²) in [5.74, 6) is -0.378. The average molecular weight is 338 g/mol. The van der Waals surface area contributed by atoms with Gasteiger partial charge in [0.15, 0.2) is 0 Å². The molecule has 0 radical (unpaired) electrons. The van der Waals surface area contributed by atoms with Gasteiger partial charge in [-0.05, 0) is 53.0 Å². The van der Waals surface area contributed by atoms with E-state index in [2.05, 4.69) is 6.92 Å². The van der Waals surface area contributed by atoms with Gasteiger partial charge in [-0.2, -0.15) is 0 Å². The molecule has 0 spiro atoms. The standard InChI is InChI=1S/C20H35NO3/c1-7-10-11-12-13-17(16-18(22)21(8-2)9-3)14-15-19(23)24-20(4,5)6/h14-16H,7-13H2,1-6H3/b15-14+,17-16+. The van der Waals surface area contributed by atoms with Gasteiger partial charge in [-0.15, -0.1) is 0 Å². The monoisotopic (exact) mass is 337 g/mol. The van der Waals surface area contributed by atoms with Crippen LogP contribution in [0.1, 0.15) is 73.6 Å². The minimum atomic E-state index is -0.510. The highest BCUT2D eigenvalue weighted by molar-refractivity contribution is 5.89. The van der Waals surface area contributed by atoms with E-state index in [0.717, 1.165) is 24.8 Å². The molecule has 0 unspecified atom stereocenters. The van der Waals surface area contributed by atoms with Crippen LogP contribution in [-0.2, 0) is 14.3 Å². The van der Waals surface area contributed by atoms with E-state index < -0.39 is 5.60 Å². The molecule has 4 heteroatoms. The van der Waals surface area contributed by atoms with Crippen molar-refractivity contribution in [3.8, 4) is 0 Å². The number of rotatable bonds is 10. The summed E-state index contributed by atoms with van der Waals surface area (Å²) >= 11 is 0. The Hall–Kier alpha value is -1.58. The highest BCUT2D eigenvalue weighted by atomic mass is 16.6. The lowest BCUT2D eigenvalue weighted by atomic mass is 10.1. The molecule has 0 N–H and O–H groups in total. The number of esters is 1. The number of allylic oxidation sites excluding steroid dienone is 2. The van der Waals surface area contributed by atoms with Crippen LogP contribution in [0.5, 0.6) is 0 Å². The van der Waals surface area contributed by atoms with E-state index in [1.54, 1.807) is 17.1 Å². The first-order chi connectivity index (χ1) is 11.2. The van der Waals surface area contributed by atoms with E-state index in [1.807, 2.05) is 34.6 Å². The second-order valence-electron chi connectivity index (χ2n) is 6.91. The highest BCUT2D eigenvalue weighted by Crippen LogP contribution is 2.13. The number of unbranched alkanes of at least 4 members (excludes halogenated alkanes) is 3. The summed E-state index contributed by atoms with van der Waals surface area (Å²) < 4.78 is 5.28. The van der Waals surface area contributed by atoms with Crippen molar-refractivity contribution in [3.05, 3.63) is 23.8 Å². The zero-order valence-electron chi connectivity index (χ0n) is 16.4. The molecule has 138 valence electrons. The zero-order valence-corrected chi connectivity index (χ0v) is 16.4. The van der Waals surface area contributed by atoms with Gasteiger partial charge in [-0.1, -0.05) is 32.3 Å². The second-order valence-corrected chi connectivity index (χ2v) is 6.91. The summed E-state index contributed by atoms with van der Waals surface area (Å²) in [6.07, 6.45) is 10.1. The van der Waals surface area contributed by atoms with Crippen molar-refractivity contribution in [3.63, 3.8) is 0 Å². The van der Waals surface area contributed by atoms with Crippen molar-refractivity contribution in [1.29, 1.82) is 0 Å². The van der Waals surface area contributed by atoms with E-state index in [0.29, 0.717) is 13.1 Å². The van der Waals surface area contributed by atoms with Gasteiger partial charge < -0.3 is 9.64 Å². The topological polar surface area (TPSA) is 46.6 Å². The molecule has 0 aromatic heterocycles. The minimum absolute atomic E-state index is 0.000620. The van der Waals surface area contributed by atoms with Gasteiger partial charge in [-0.25, -0.2) is 4.79 Å². The number of hydrogen-bond donors (Lipinski definition) is 0. The molecule has 0 saturated heterocycles. The molecule has 1 amide bonds. The van der Waals surface area contributed by atoms with Crippen LogP contribution in [0.4, 0.5) is 0 Å². The lowest BCUT2D eigenvalue weighted by molar-refractivity contribution is -0.148. The van der Waals surface area contributed by atoms with Crippen LogP contribution in [0.2, 0.25) is 0 Å². The van der Waals surface area contributed by atoms with Crippen molar-refractivity contribution < 1.29 is 14.3 Å². The van der Waals surface area contributed by atoms with E-state index in [-0.39, 0.29) is 11.9 Å². The quantitative estimate of drug-likeness (QED) is 0.252. The molecule has 0 aromatic rings. The summed E-state index contributed by atoms with van der Waals surface area (Å²) in [5.41, 5.74) is 0.373. The third kappa shape index (κ3) is 11.0. The lowest BCUT2D eigenvalue weighted by Gasteiger charge is -2.18. The number of carbonyl (C=O) groups excluding carboxylic acids is 2. The average Bonchev–Trinajstić information content (AvgIpc) is 2.48. The number of carbonyl (C=O) groups is 2. The number of amides is 1. The Morgan fingerprint density at radius 1 is 0.958 bits per heavy atom. The van der Waals surface area contributed by atoms with Crippen molar-refractivity contribution in [2.45, 2.75) is 79.2 Å². The van der Waals surface area contributed by atoms with E-state index in [4.69, 9.17) is 4.74 Å². The minimum Gasteiger partial charge on any atom is -0.457 e. The van der Waals surface area contributed by atoms with Crippen LogP contribution in [0.3, 0.4) is 0 Å². The Morgan fingerprint density at radius 3 is 2.08 bits per heavy atom. The van der Waals surface area contributed by atoms with Crippen LogP contribution < -0.4 is 0 Å². The van der Waals surface area contributed by atoms with Crippen molar-refractivity contribution in [2.75, 3.05) is 13.1 Å². The third-order valence-electron chi connectivity index (χ3n) is 3.54. The third-order valence-corrected chi connectivity index (χ3v) is 3.54. The molecule has 0 aliphatic heterocycles. The largest absolute Gasteiger partial charge is 0.457 e. The Morgan fingerprint density at radius 2 is 1.58 bits per heavy atom. The molecule has 0 bridgehead atoms. The van der Waals surface area contributed by atoms with Crippen LogP contribution in [0, 0.1) is 0 Å². The summed E-state index contributed by atoms with van der Waals surface area (Å²) in [6, 6.07) is 0. The molecule has 0 aliphatic carbocycles. The van der Waals surface area contributed by atoms with Gasteiger partial charge in [-0.3, -0.25) is 4.79 Å². The molecule has 0 aromatic carbocycles. The summed E-state index contributed by atoms with van der Waals surface area (Å²) in [7, 11) is 0. The fraction of sp³-hybridized carbons (Fsp3) is 0.700. The SMILES string of the molecule is CCCCCCC(/C=C/C(=O)OC(C)(C)C)=C\C(=O)N(CC)CC. The van der Waals surface area contributed by atoms with Crippen LogP contribution >= 0.6 is 0 Å². The van der Waals surface area contributed by atoms with Crippen LogP contribution in [0.25, 0.3) is 0 Å². The van der Waals surface area contributed by atoms with Crippen molar-refractivity contribution in [1.82, 2.24) is 4.90 Å². The van der Waals surface area contributed by atoms with Gasteiger partial charge in [0.1, 0.15) is 5.60 Å². The van der Waals surface area contributed by atoms with Crippen molar-refractivity contribution >= 4 is 11.9 Å². The van der Waals surface area contributed by atoms with Crippen LogP contribution in [0.15, 0.2) is 23.8 Å². The first kappa shape index (κ1) is 22.4. The first-order valence-electron chi connectivity index (χ1n) is 9.14. The fourth-order valence-electron chi connectivity index (χ4n) is 2.26. The van der Waals surface area contributed by atoms with E-state index in [1.165, 1.54) is 18.9 Å². The Balaban J connectivity index is 4.97. The Kier molecular flexibility index (Phi) is 11.1. The zero-order chi connectivity index (χ0) is 18.6. The van der Waals surface area contributed by atoms with Crippen molar-refractivity contribution in [2.24, 2.45) is 0 Å². The predicted octanol–water partition coefficient (Wildman–Crippen LogP) is 4.65. The maximum Gasteiger partial charge on any atom is 0.331 e. The number of nitrogens with zero attached hydrogens (tertiary/aromatic N) is 1. The second kappa shape index (κ2) is 11.9. The molecule has 0 heterocycles.